The summed E-state index contributed by atoms with van der Waals surface area (Å²) in [6, 6.07) is 7.54. The Bertz CT molecular complexity index is 596. The summed E-state index contributed by atoms with van der Waals surface area (Å²) in [4.78, 5) is 16.0. The van der Waals surface area contributed by atoms with Gasteiger partial charge >= 0.3 is 0 Å². The summed E-state index contributed by atoms with van der Waals surface area (Å²) in [6.45, 7) is 2.11. The molecule has 0 saturated heterocycles. The first-order chi connectivity index (χ1) is 9.10. The number of nitrogens with zero attached hydrogens (tertiary/aromatic N) is 1. The Morgan fingerprint density at radius 1 is 1.37 bits per heavy atom. The van der Waals surface area contributed by atoms with Crippen LogP contribution < -0.4 is 11.1 Å². The maximum absolute atomic E-state index is 13.0. The van der Waals surface area contributed by atoms with Crippen molar-refractivity contribution in [1.29, 1.82) is 0 Å². The highest BCUT2D eigenvalue weighted by Gasteiger charge is 2.09. The summed E-state index contributed by atoms with van der Waals surface area (Å²) < 4.78 is 13.0. The van der Waals surface area contributed by atoms with Gasteiger partial charge in [0.25, 0.3) is 5.91 Å². The number of benzene rings is 1. The first-order valence-corrected chi connectivity index (χ1v) is 5.82. The highest BCUT2D eigenvalue weighted by Crippen LogP contribution is 2.16. The number of rotatable bonds is 3. The molecule has 4 nitrogen and oxygen atoms in total. The number of halogens is 1. The molecular formula is C14H14FN3O. The zero-order chi connectivity index (χ0) is 13.8. The van der Waals surface area contributed by atoms with Crippen LogP contribution >= 0.6 is 0 Å². The molecule has 0 unspecified atom stereocenters. The molecular weight excluding hydrogens is 245 g/mol. The third-order valence-electron chi connectivity index (χ3n) is 2.73. The summed E-state index contributed by atoms with van der Waals surface area (Å²) in [5.41, 5.74) is 7.83. The molecule has 1 amide bonds. The lowest BCUT2D eigenvalue weighted by Crippen LogP contribution is -2.14. The summed E-state index contributed by atoms with van der Waals surface area (Å²) >= 11 is 0. The van der Waals surface area contributed by atoms with Crippen molar-refractivity contribution in [3.63, 3.8) is 0 Å². The number of nitrogens with two attached hydrogens (primary N) is 1. The third kappa shape index (κ3) is 3.14. The van der Waals surface area contributed by atoms with Crippen LogP contribution in [0.5, 0.6) is 0 Å². The van der Waals surface area contributed by atoms with Crippen molar-refractivity contribution < 1.29 is 9.18 Å². The van der Waals surface area contributed by atoms with Gasteiger partial charge in [-0.25, -0.2) is 4.39 Å². The van der Waals surface area contributed by atoms with Gasteiger partial charge in [0.1, 0.15) is 11.5 Å². The highest BCUT2D eigenvalue weighted by atomic mass is 19.1. The molecule has 0 aliphatic rings. The Morgan fingerprint density at radius 3 is 2.74 bits per heavy atom. The molecule has 0 saturated carbocycles. The van der Waals surface area contributed by atoms with Crippen molar-refractivity contribution in [2.24, 2.45) is 5.73 Å². The molecule has 19 heavy (non-hydrogen) atoms. The number of anilines is 1. The van der Waals surface area contributed by atoms with Gasteiger partial charge in [-0.2, -0.15) is 0 Å². The Hall–Kier alpha value is -2.27. The molecule has 3 N–H and O–H groups in total. The third-order valence-corrected chi connectivity index (χ3v) is 2.73. The smallest absolute Gasteiger partial charge is 0.274 e. The van der Waals surface area contributed by atoms with Gasteiger partial charge in [0, 0.05) is 18.4 Å². The molecule has 1 aromatic heterocycles. The van der Waals surface area contributed by atoms with Crippen LogP contribution in [0.4, 0.5) is 10.1 Å². The molecule has 98 valence electrons. The fourth-order valence-corrected chi connectivity index (χ4v) is 1.63. The first-order valence-electron chi connectivity index (χ1n) is 5.82. The minimum Gasteiger partial charge on any atom is -0.326 e. The number of aromatic nitrogens is 1. The monoisotopic (exact) mass is 259 g/mol. The van der Waals surface area contributed by atoms with Crippen molar-refractivity contribution in [2.75, 3.05) is 5.32 Å². The molecule has 0 atom stereocenters. The van der Waals surface area contributed by atoms with Crippen LogP contribution in [0.3, 0.4) is 0 Å². The predicted molar refractivity (Wildman–Crippen MR) is 71.2 cm³/mol. The Kier molecular flexibility index (Phi) is 3.87. The lowest BCUT2D eigenvalue weighted by molar-refractivity contribution is 0.102. The van der Waals surface area contributed by atoms with Gasteiger partial charge < -0.3 is 11.1 Å². The van der Waals surface area contributed by atoms with Gasteiger partial charge in [0.05, 0.1) is 0 Å². The maximum Gasteiger partial charge on any atom is 0.274 e. The number of hydrogen-bond donors (Lipinski definition) is 2. The minimum absolute atomic E-state index is 0.293. The predicted octanol–water partition coefficient (Wildman–Crippen LogP) is 2.24. The molecule has 2 rings (SSSR count). The molecule has 0 spiro atoms. The standard InChI is InChI=1S/C14H14FN3O/c1-9-6-11(15)3-5-12(9)18-14(19)13-4-2-10(7-16)8-17-13/h2-6,8H,7,16H2,1H3,(H,18,19). The van der Waals surface area contributed by atoms with E-state index in [1.54, 1.807) is 25.3 Å². The number of aryl methyl sites for hydroxylation is 1. The van der Waals surface area contributed by atoms with E-state index in [4.69, 9.17) is 5.73 Å². The average molecular weight is 259 g/mol. The zero-order valence-electron chi connectivity index (χ0n) is 10.5. The van der Waals surface area contributed by atoms with Crippen molar-refractivity contribution >= 4 is 11.6 Å². The number of hydrogen-bond acceptors (Lipinski definition) is 3. The lowest BCUT2D eigenvalue weighted by atomic mass is 10.2. The van der Waals surface area contributed by atoms with E-state index in [1.165, 1.54) is 18.2 Å². The maximum atomic E-state index is 13.0. The van der Waals surface area contributed by atoms with Gasteiger partial charge in [0.2, 0.25) is 0 Å². The van der Waals surface area contributed by atoms with Crippen LogP contribution in [-0.4, -0.2) is 10.9 Å². The molecule has 0 bridgehead atoms. The average Bonchev–Trinajstić information content (AvgIpc) is 2.42. The molecule has 0 aliphatic heterocycles. The second kappa shape index (κ2) is 5.58. The summed E-state index contributed by atoms with van der Waals surface area (Å²) in [6.07, 6.45) is 1.56. The van der Waals surface area contributed by atoms with Crippen LogP contribution in [0.25, 0.3) is 0 Å². The normalized spacial score (nSPS) is 10.3. The number of carbonyl (C=O) groups is 1. The fourth-order valence-electron chi connectivity index (χ4n) is 1.63. The Balaban J connectivity index is 2.15. The summed E-state index contributed by atoms with van der Waals surface area (Å²) in [7, 11) is 0. The summed E-state index contributed by atoms with van der Waals surface area (Å²) in [5.74, 6) is -0.667. The quantitative estimate of drug-likeness (QED) is 0.888. The van der Waals surface area contributed by atoms with E-state index in [1.807, 2.05) is 0 Å². The Labute approximate surface area is 110 Å². The molecule has 1 aromatic carbocycles. The van der Waals surface area contributed by atoms with E-state index in [9.17, 15) is 9.18 Å². The molecule has 1 heterocycles. The fraction of sp³-hybridized carbons (Fsp3) is 0.143. The van der Waals surface area contributed by atoms with E-state index in [-0.39, 0.29) is 11.7 Å². The van der Waals surface area contributed by atoms with Crippen LogP contribution in [0.1, 0.15) is 21.6 Å². The van der Waals surface area contributed by atoms with Crippen LogP contribution in [0.15, 0.2) is 36.5 Å². The van der Waals surface area contributed by atoms with Crippen molar-refractivity contribution in [2.45, 2.75) is 13.5 Å². The van der Waals surface area contributed by atoms with Gasteiger partial charge in [-0.3, -0.25) is 9.78 Å². The number of pyridine rings is 1. The van der Waals surface area contributed by atoms with Gasteiger partial charge in [-0.15, -0.1) is 0 Å². The lowest BCUT2D eigenvalue weighted by Gasteiger charge is -2.08. The second-order valence-electron chi connectivity index (χ2n) is 4.17. The topological polar surface area (TPSA) is 68.0 Å². The first kappa shape index (κ1) is 13.2. The number of carbonyl (C=O) groups excluding carboxylic acids is 1. The Morgan fingerprint density at radius 2 is 2.16 bits per heavy atom. The van der Waals surface area contributed by atoms with Crippen LogP contribution in [0, 0.1) is 12.7 Å². The van der Waals surface area contributed by atoms with E-state index in [0.29, 0.717) is 23.5 Å². The second-order valence-corrected chi connectivity index (χ2v) is 4.17. The number of amides is 1. The van der Waals surface area contributed by atoms with E-state index in [2.05, 4.69) is 10.3 Å². The molecule has 2 aromatic rings. The molecule has 5 heteroatoms. The number of nitrogens with one attached hydrogen (secondary N) is 1. The van der Waals surface area contributed by atoms with Gasteiger partial charge in [0.15, 0.2) is 0 Å². The highest BCUT2D eigenvalue weighted by molar-refractivity contribution is 6.03. The summed E-state index contributed by atoms with van der Waals surface area (Å²) in [5, 5.41) is 2.69. The van der Waals surface area contributed by atoms with Crippen LogP contribution in [-0.2, 0) is 6.54 Å². The van der Waals surface area contributed by atoms with Crippen molar-refractivity contribution in [3.8, 4) is 0 Å². The molecule has 0 radical (unpaired) electrons. The van der Waals surface area contributed by atoms with E-state index in [0.717, 1.165) is 5.56 Å². The van der Waals surface area contributed by atoms with Gasteiger partial charge in [-0.05, 0) is 42.3 Å². The van der Waals surface area contributed by atoms with E-state index < -0.39 is 0 Å². The van der Waals surface area contributed by atoms with Crippen molar-refractivity contribution in [3.05, 3.63) is 59.2 Å². The zero-order valence-corrected chi connectivity index (χ0v) is 10.5. The largest absolute Gasteiger partial charge is 0.326 e. The minimum atomic E-state index is -0.335. The van der Waals surface area contributed by atoms with Crippen LogP contribution in [0.2, 0.25) is 0 Å². The van der Waals surface area contributed by atoms with Gasteiger partial charge in [-0.1, -0.05) is 6.07 Å². The molecule has 0 aliphatic carbocycles. The van der Waals surface area contributed by atoms with Crippen molar-refractivity contribution in [1.82, 2.24) is 4.98 Å². The van der Waals surface area contributed by atoms with E-state index >= 15 is 0 Å². The SMILES string of the molecule is Cc1cc(F)ccc1NC(=O)c1ccc(CN)cn1. The molecule has 0 fully saturated rings.